The van der Waals surface area contributed by atoms with Gasteiger partial charge in [-0.25, -0.2) is 0 Å². The molecule has 0 fully saturated rings. The minimum atomic E-state index is -0.177. The zero-order valence-electron chi connectivity index (χ0n) is 14.5. The van der Waals surface area contributed by atoms with Gasteiger partial charge in [0.15, 0.2) is 5.75 Å². The smallest absolute Gasteiger partial charge is 0.253 e. The molecular weight excluding hydrogens is 326 g/mol. The molecule has 0 heterocycles. The second kappa shape index (κ2) is 8.07. The van der Waals surface area contributed by atoms with Gasteiger partial charge in [-0.2, -0.15) is 0 Å². The van der Waals surface area contributed by atoms with Crippen molar-refractivity contribution in [3.63, 3.8) is 0 Å². The summed E-state index contributed by atoms with van der Waals surface area (Å²) in [7, 11) is 0. The van der Waals surface area contributed by atoms with E-state index >= 15 is 0 Å². The Labute approximate surface area is 152 Å². The summed E-state index contributed by atoms with van der Waals surface area (Å²) in [5, 5.41) is 6.09. The number of nitrogen functional groups attached to an aromatic ring is 1. The third-order valence-electron chi connectivity index (χ3n) is 3.75. The summed E-state index contributed by atoms with van der Waals surface area (Å²) < 4.78 is 5.97. The van der Waals surface area contributed by atoms with Gasteiger partial charge in [0.1, 0.15) is 5.75 Å². The van der Waals surface area contributed by atoms with E-state index in [1.54, 1.807) is 18.2 Å². The zero-order chi connectivity index (χ0) is 18.4. The number of ether oxygens (including phenoxy) is 1. The lowest BCUT2D eigenvalue weighted by molar-refractivity contribution is 0.0956. The fourth-order valence-electron chi connectivity index (χ4n) is 2.53. The van der Waals surface area contributed by atoms with Crippen LogP contribution >= 0.6 is 0 Å². The fourth-order valence-corrected chi connectivity index (χ4v) is 2.53. The molecule has 132 valence electrons. The Bertz CT molecular complexity index is 895. The molecule has 5 heteroatoms. The molecule has 0 unspecified atom stereocenters. The van der Waals surface area contributed by atoms with E-state index in [2.05, 4.69) is 10.6 Å². The second-order valence-electron chi connectivity index (χ2n) is 5.70. The van der Waals surface area contributed by atoms with Crippen LogP contribution in [0.5, 0.6) is 11.5 Å². The van der Waals surface area contributed by atoms with Crippen molar-refractivity contribution < 1.29 is 9.53 Å². The number of carbonyl (C=O) groups excluding carboxylic acids is 1. The Balaban J connectivity index is 1.91. The SMILES string of the molecule is CCNC(=O)c1cc(N)ccc1Nc1ccccc1Oc1ccccc1. The van der Waals surface area contributed by atoms with Crippen molar-refractivity contribution in [3.05, 3.63) is 78.4 Å². The highest BCUT2D eigenvalue weighted by Crippen LogP contribution is 2.32. The van der Waals surface area contributed by atoms with Gasteiger partial charge in [-0.15, -0.1) is 0 Å². The number of nitrogens with two attached hydrogens (primary N) is 1. The molecule has 4 N–H and O–H groups in total. The summed E-state index contributed by atoms with van der Waals surface area (Å²) in [5.74, 6) is 1.23. The van der Waals surface area contributed by atoms with E-state index in [4.69, 9.17) is 10.5 Å². The first-order valence-electron chi connectivity index (χ1n) is 8.44. The van der Waals surface area contributed by atoms with E-state index in [1.807, 2.05) is 61.5 Å². The molecule has 0 spiro atoms. The predicted molar refractivity (Wildman–Crippen MR) is 105 cm³/mol. The lowest BCUT2D eigenvalue weighted by Gasteiger charge is -2.16. The number of carbonyl (C=O) groups is 1. The Hall–Kier alpha value is -3.47. The molecule has 3 aromatic rings. The summed E-state index contributed by atoms with van der Waals surface area (Å²) in [6.45, 7) is 2.42. The molecule has 5 nitrogen and oxygen atoms in total. The van der Waals surface area contributed by atoms with Gasteiger partial charge in [-0.3, -0.25) is 4.79 Å². The summed E-state index contributed by atoms with van der Waals surface area (Å²) >= 11 is 0. The molecule has 0 aliphatic heterocycles. The van der Waals surface area contributed by atoms with Crippen molar-refractivity contribution >= 4 is 23.0 Å². The Morgan fingerprint density at radius 3 is 2.46 bits per heavy atom. The van der Waals surface area contributed by atoms with Crippen molar-refractivity contribution in [3.8, 4) is 11.5 Å². The Kier molecular flexibility index (Phi) is 5.39. The first-order valence-corrected chi connectivity index (χ1v) is 8.44. The lowest BCUT2D eigenvalue weighted by atomic mass is 10.1. The average molecular weight is 347 g/mol. The number of hydrogen-bond donors (Lipinski definition) is 3. The largest absolute Gasteiger partial charge is 0.455 e. The molecule has 0 saturated carbocycles. The highest BCUT2D eigenvalue weighted by molar-refractivity contribution is 6.01. The van der Waals surface area contributed by atoms with Gasteiger partial charge in [0, 0.05) is 12.2 Å². The van der Waals surface area contributed by atoms with Crippen LogP contribution in [0.2, 0.25) is 0 Å². The van der Waals surface area contributed by atoms with Crippen LogP contribution < -0.4 is 21.1 Å². The minimum Gasteiger partial charge on any atom is -0.455 e. The van der Waals surface area contributed by atoms with Crippen molar-refractivity contribution in [2.45, 2.75) is 6.92 Å². The number of para-hydroxylation sites is 3. The van der Waals surface area contributed by atoms with E-state index in [0.29, 0.717) is 29.2 Å². The first-order chi connectivity index (χ1) is 12.7. The molecule has 26 heavy (non-hydrogen) atoms. The van der Waals surface area contributed by atoms with Gasteiger partial charge in [-0.1, -0.05) is 30.3 Å². The Morgan fingerprint density at radius 2 is 1.69 bits per heavy atom. The van der Waals surface area contributed by atoms with Crippen LogP contribution in [0.1, 0.15) is 17.3 Å². The monoisotopic (exact) mass is 347 g/mol. The quantitative estimate of drug-likeness (QED) is 0.572. The third kappa shape index (κ3) is 4.13. The maximum Gasteiger partial charge on any atom is 0.253 e. The maximum atomic E-state index is 12.3. The number of nitrogens with one attached hydrogen (secondary N) is 2. The minimum absolute atomic E-state index is 0.177. The van der Waals surface area contributed by atoms with Gasteiger partial charge in [0.05, 0.1) is 16.9 Å². The van der Waals surface area contributed by atoms with E-state index < -0.39 is 0 Å². The fraction of sp³-hybridized carbons (Fsp3) is 0.0952. The predicted octanol–water partition coefficient (Wildman–Crippen LogP) is 4.55. The van der Waals surface area contributed by atoms with Gasteiger partial charge in [0.25, 0.3) is 5.91 Å². The number of rotatable bonds is 6. The van der Waals surface area contributed by atoms with Crippen LogP contribution in [0.4, 0.5) is 17.1 Å². The van der Waals surface area contributed by atoms with Gasteiger partial charge < -0.3 is 21.1 Å². The lowest BCUT2D eigenvalue weighted by Crippen LogP contribution is -2.23. The van der Waals surface area contributed by atoms with Crippen molar-refractivity contribution in [1.82, 2.24) is 5.32 Å². The molecule has 0 aromatic heterocycles. The van der Waals surface area contributed by atoms with Crippen LogP contribution in [0.3, 0.4) is 0 Å². The van der Waals surface area contributed by atoms with Gasteiger partial charge in [-0.05, 0) is 49.4 Å². The first kappa shape index (κ1) is 17.4. The molecule has 0 bridgehead atoms. The summed E-state index contributed by atoms with van der Waals surface area (Å²) in [6.07, 6.45) is 0. The van der Waals surface area contributed by atoms with Crippen LogP contribution in [0, 0.1) is 0 Å². The van der Waals surface area contributed by atoms with Crippen molar-refractivity contribution in [1.29, 1.82) is 0 Å². The number of anilines is 3. The molecule has 0 atom stereocenters. The van der Waals surface area contributed by atoms with E-state index in [1.165, 1.54) is 0 Å². The molecule has 0 aliphatic carbocycles. The maximum absolute atomic E-state index is 12.3. The normalized spacial score (nSPS) is 10.2. The number of amides is 1. The average Bonchev–Trinajstić information content (AvgIpc) is 2.66. The van der Waals surface area contributed by atoms with Crippen LogP contribution in [0.15, 0.2) is 72.8 Å². The molecule has 0 aliphatic rings. The van der Waals surface area contributed by atoms with Crippen LogP contribution in [0.25, 0.3) is 0 Å². The molecule has 0 saturated heterocycles. The third-order valence-corrected chi connectivity index (χ3v) is 3.75. The van der Waals surface area contributed by atoms with E-state index in [9.17, 15) is 4.79 Å². The molecular formula is C21H21N3O2. The van der Waals surface area contributed by atoms with E-state index in [0.717, 1.165) is 11.4 Å². The number of hydrogen-bond acceptors (Lipinski definition) is 4. The molecule has 1 amide bonds. The topological polar surface area (TPSA) is 76.4 Å². The zero-order valence-corrected chi connectivity index (χ0v) is 14.5. The van der Waals surface area contributed by atoms with Crippen molar-refractivity contribution in [2.75, 3.05) is 17.6 Å². The van der Waals surface area contributed by atoms with Gasteiger partial charge >= 0.3 is 0 Å². The van der Waals surface area contributed by atoms with Crippen LogP contribution in [-0.2, 0) is 0 Å². The highest BCUT2D eigenvalue weighted by Gasteiger charge is 2.13. The molecule has 3 aromatic carbocycles. The Morgan fingerprint density at radius 1 is 0.962 bits per heavy atom. The highest BCUT2D eigenvalue weighted by atomic mass is 16.5. The van der Waals surface area contributed by atoms with E-state index in [-0.39, 0.29) is 5.91 Å². The van der Waals surface area contributed by atoms with Crippen molar-refractivity contribution in [2.24, 2.45) is 0 Å². The van der Waals surface area contributed by atoms with Gasteiger partial charge in [0.2, 0.25) is 0 Å². The molecule has 3 rings (SSSR count). The standard InChI is InChI=1S/C21H21N3O2/c1-2-23-21(25)17-14-15(22)12-13-18(17)24-19-10-6-7-11-20(19)26-16-8-4-3-5-9-16/h3-14,24H,2,22H2,1H3,(H,23,25). The van der Waals surface area contributed by atoms with Crippen LogP contribution in [-0.4, -0.2) is 12.5 Å². The summed E-state index contributed by atoms with van der Waals surface area (Å²) in [6, 6.07) is 22.3. The number of benzene rings is 3. The summed E-state index contributed by atoms with van der Waals surface area (Å²) in [5.41, 5.74) is 8.29. The second-order valence-corrected chi connectivity index (χ2v) is 5.70. The molecule has 0 radical (unpaired) electrons. The summed E-state index contributed by atoms with van der Waals surface area (Å²) in [4.78, 5) is 12.3.